The molecule has 0 aliphatic rings. The summed E-state index contributed by atoms with van der Waals surface area (Å²) in [5.74, 6) is 0.598. The van der Waals surface area contributed by atoms with Crippen LogP contribution in [0.2, 0.25) is 25.7 Å². The van der Waals surface area contributed by atoms with Crippen LogP contribution in [0.1, 0.15) is 5.69 Å². The molecule has 0 amide bonds. The van der Waals surface area contributed by atoms with E-state index in [1.54, 1.807) is 13.4 Å². The predicted molar refractivity (Wildman–Crippen MR) is 106 cm³/mol. The third-order valence-corrected chi connectivity index (χ3v) is 6.14. The molecule has 0 bridgehead atoms. The number of aromatic nitrogens is 4. The summed E-state index contributed by atoms with van der Waals surface area (Å²) in [5.41, 5.74) is 4.09. The number of hydrogen-bond donors (Lipinski definition) is 0. The molecule has 3 aromatic rings. The van der Waals surface area contributed by atoms with Crippen LogP contribution >= 0.6 is 0 Å². The number of fused-ring (bicyclic) bond motifs is 1. The first-order valence-electron chi connectivity index (χ1n) is 8.77. The van der Waals surface area contributed by atoms with Crippen molar-refractivity contribution in [1.82, 2.24) is 19.5 Å². The topological polar surface area (TPSA) is 62.1 Å². The molecule has 0 saturated carbocycles. The van der Waals surface area contributed by atoms with Crippen LogP contribution in [0, 0.1) is 6.92 Å². The second kappa shape index (κ2) is 7.55. The standard InChI is InChI=1S/C19H26N4O2Si/c1-14-18(15-6-7-17(24-2)21-10-15)16-11-20-12-22-19(16)23(14)13-25-8-9-26(3,4)5/h6-7,10-12H,8-9,13H2,1-5H3. The van der Waals surface area contributed by atoms with Crippen LogP contribution in [0.25, 0.3) is 22.2 Å². The van der Waals surface area contributed by atoms with Gasteiger partial charge in [-0.15, -0.1) is 0 Å². The Morgan fingerprint density at radius 2 is 1.92 bits per heavy atom. The Morgan fingerprint density at radius 1 is 1.12 bits per heavy atom. The average Bonchev–Trinajstić information content (AvgIpc) is 2.90. The highest BCUT2D eigenvalue weighted by atomic mass is 28.3. The fourth-order valence-electron chi connectivity index (χ4n) is 2.91. The van der Waals surface area contributed by atoms with Crippen molar-refractivity contribution in [2.24, 2.45) is 0 Å². The fraction of sp³-hybridized carbons (Fsp3) is 0.421. The molecular weight excluding hydrogens is 344 g/mol. The Morgan fingerprint density at radius 3 is 2.58 bits per heavy atom. The van der Waals surface area contributed by atoms with Gasteiger partial charge in [0.25, 0.3) is 0 Å². The second-order valence-corrected chi connectivity index (χ2v) is 13.2. The minimum absolute atomic E-state index is 0.493. The zero-order valence-corrected chi connectivity index (χ0v) is 17.1. The molecule has 0 fully saturated rings. The quantitative estimate of drug-likeness (QED) is 0.462. The monoisotopic (exact) mass is 370 g/mol. The summed E-state index contributed by atoms with van der Waals surface area (Å²) in [5, 5.41) is 1.01. The van der Waals surface area contributed by atoms with Gasteiger partial charge in [-0.25, -0.2) is 15.0 Å². The summed E-state index contributed by atoms with van der Waals surface area (Å²) in [6.45, 7) is 10.4. The molecule has 0 aromatic carbocycles. The Labute approximate surface area is 155 Å². The number of methoxy groups -OCH3 is 1. The van der Waals surface area contributed by atoms with Gasteiger partial charge in [0, 0.05) is 55.3 Å². The van der Waals surface area contributed by atoms with E-state index in [1.165, 1.54) is 0 Å². The zero-order chi connectivity index (χ0) is 18.7. The van der Waals surface area contributed by atoms with E-state index in [4.69, 9.17) is 9.47 Å². The maximum Gasteiger partial charge on any atom is 0.212 e. The molecule has 0 N–H and O–H groups in total. The van der Waals surface area contributed by atoms with Gasteiger partial charge in [-0.05, 0) is 19.0 Å². The largest absolute Gasteiger partial charge is 0.481 e. The smallest absolute Gasteiger partial charge is 0.212 e. The summed E-state index contributed by atoms with van der Waals surface area (Å²) >= 11 is 0. The molecule has 6 nitrogen and oxygen atoms in total. The lowest BCUT2D eigenvalue weighted by Crippen LogP contribution is -2.22. The predicted octanol–water partition coefficient (Wildman–Crippen LogP) is 4.12. The Bertz CT molecular complexity index is 885. The highest BCUT2D eigenvalue weighted by molar-refractivity contribution is 6.76. The van der Waals surface area contributed by atoms with Crippen LogP contribution in [0.15, 0.2) is 30.9 Å². The first-order valence-corrected chi connectivity index (χ1v) is 12.5. The zero-order valence-electron chi connectivity index (χ0n) is 16.1. The van der Waals surface area contributed by atoms with Gasteiger partial charge in [0.2, 0.25) is 5.88 Å². The summed E-state index contributed by atoms with van der Waals surface area (Å²) in [4.78, 5) is 13.0. The van der Waals surface area contributed by atoms with Crippen LogP contribution in [-0.4, -0.2) is 41.3 Å². The van der Waals surface area contributed by atoms with Gasteiger partial charge in [0.1, 0.15) is 18.7 Å². The van der Waals surface area contributed by atoms with Gasteiger partial charge in [0.05, 0.1) is 7.11 Å². The van der Waals surface area contributed by atoms with Crippen LogP contribution < -0.4 is 4.74 Å². The summed E-state index contributed by atoms with van der Waals surface area (Å²) < 4.78 is 13.2. The normalized spacial score (nSPS) is 11.9. The molecule has 0 unspecified atom stereocenters. The number of pyridine rings is 1. The van der Waals surface area contributed by atoms with Crippen LogP contribution in [-0.2, 0) is 11.5 Å². The highest BCUT2D eigenvalue weighted by Crippen LogP contribution is 2.33. The number of rotatable bonds is 7. The number of nitrogens with zero attached hydrogens (tertiary/aromatic N) is 4. The molecule has 0 radical (unpaired) electrons. The molecule has 0 aliphatic heterocycles. The third kappa shape index (κ3) is 3.94. The molecule has 26 heavy (non-hydrogen) atoms. The Hall–Kier alpha value is -2.25. The lowest BCUT2D eigenvalue weighted by atomic mass is 10.1. The highest BCUT2D eigenvalue weighted by Gasteiger charge is 2.18. The third-order valence-electron chi connectivity index (χ3n) is 4.43. The van der Waals surface area contributed by atoms with Crippen molar-refractivity contribution in [2.45, 2.75) is 39.3 Å². The van der Waals surface area contributed by atoms with Crippen LogP contribution in [0.4, 0.5) is 0 Å². The minimum Gasteiger partial charge on any atom is -0.481 e. The molecule has 0 atom stereocenters. The SMILES string of the molecule is COc1ccc(-c2c(C)n(COCC[Si](C)(C)C)c3ncncc23)cn1. The van der Waals surface area contributed by atoms with Crippen LogP contribution in [0.5, 0.6) is 5.88 Å². The van der Waals surface area contributed by atoms with Crippen molar-refractivity contribution in [3.63, 3.8) is 0 Å². The van der Waals surface area contributed by atoms with Crippen molar-refractivity contribution >= 4 is 19.1 Å². The first-order chi connectivity index (χ1) is 12.4. The molecule has 0 spiro atoms. The van der Waals surface area contributed by atoms with E-state index in [0.29, 0.717) is 12.6 Å². The van der Waals surface area contributed by atoms with Crippen molar-refractivity contribution in [3.8, 4) is 17.0 Å². The maximum absolute atomic E-state index is 5.97. The van der Waals surface area contributed by atoms with Gasteiger partial charge in [-0.1, -0.05) is 19.6 Å². The van der Waals surface area contributed by atoms with Gasteiger partial charge < -0.3 is 14.0 Å². The molecule has 0 saturated heterocycles. The molecule has 3 heterocycles. The fourth-order valence-corrected chi connectivity index (χ4v) is 3.67. The molecule has 0 aliphatic carbocycles. The average molecular weight is 371 g/mol. The Balaban J connectivity index is 1.93. The van der Waals surface area contributed by atoms with E-state index in [1.807, 2.05) is 24.5 Å². The molecule has 138 valence electrons. The molecule has 7 heteroatoms. The van der Waals surface area contributed by atoms with Crippen molar-refractivity contribution < 1.29 is 9.47 Å². The van der Waals surface area contributed by atoms with E-state index >= 15 is 0 Å². The summed E-state index contributed by atoms with van der Waals surface area (Å²) in [6, 6.07) is 5.03. The minimum atomic E-state index is -1.10. The van der Waals surface area contributed by atoms with Gasteiger partial charge in [-0.2, -0.15) is 0 Å². The Kier molecular flexibility index (Phi) is 5.38. The van der Waals surface area contributed by atoms with E-state index in [0.717, 1.165) is 40.5 Å². The van der Waals surface area contributed by atoms with E-state index in [2.05, 4.69) is 46.1 Å². The van der Waals surface area contributed by atoms with Gasteiger partial charge in [-0.3, -0.25) is 0 Å². The van der Waals surface area contributed by atoms with Crippen molar-refractivity contribution in [1.29, 1.82) is 0 Å². The number of hydrogen-bond acceptors (Lipinski definition) is 5. The molecule has 3 aromatic heterocycles. The lowest BCUT2D eigenvalue weighted by Gasteiger charge is -2.16. The molecular formula is C19H26N4O2Si. The van der Waals surface area contributed by atoms with Crippen LogP contribution in [0.3, 0.4) is 0 Å². The van der Waals surface area contributed by atoms with E-state index < -0.39 is 8.07 Å². The van der Waals surface area contributed by atoms with Crippen molar-refractivity contribution in [2.75, 3.05) is 13.7 Å². The summed E-state index contributed by atoms with van der Waals surface area (Å²) in [7, 11) is 0.517. The lowest BCUT2D eigenvalue weighted by molar-refractivity contribution is 0.0887. The summed E-state index contributed by atoms with van der Waals surface area (Å²) in [6.07, 6.45) is 5.26. The van der Waals surface area contributed by atoms with Gasteiger partial charge in [0.15, 0.2) is 0 Å². The number of ether oxygens (including phenoxy) is 2. The second-order valence-electron chi connectivity index (χ2n) is 7.59. The van der Waals surface area contributed by atoms with E-state index in [-0.39, 0.29) is 0 Å². The van der Waals surface area contributed by atoms with E-state index in [9.17, 15) is 0 Å². The maximum atomic E-state index is 5.97. The van der Waals surface area contributed by atoms with Crippen molar-refractivity contribution in [3.05, 3.63) is 36.5 Å². The molecule has 3 rings (SSSR count). The van der Waals surface area contributed by atoms with Gasteiger partial charge >= 0.3 is 0 Å². The first kappa shape index (κ1) is 18.5.